The average molecular weight is 270 g/mol. The summed E-state index contributed by atoms with van der Waals surface area (Å²) in [6, 6.07) is 0. The summed E-state index contributed by atoms with van der Waals surface area (Å²) in [6.45, 7) is 3.55. The van der Waals surface area contributed by atoms with Crippen LogP contribution in [0, 0.1) is 6.92 Å². The van der Waals surface area contributed by atoms with Crippen molar-refractivity contribution < 1.29 is 4.52 Å². The predicted octanol–water partition coefficient (Wildman–Crippen LogP) is 3.58. The Hall–Kier alpha value is -0.250. The van der Waals surface area contributed by atoms with Crippen molar-refractivity contribution in [2.45, 2.75) is 30.0 Å². The quantitative estimate of drug-likeness (QED) is 0.619. The van der Waals surface area contributed by atoms with Gasteiger partial charge in [-0.2, -0.15) is 4.98 Å². The highest BCUT2D eigenvalue weighted by molar-refractivity contribution is 6.47. The van der Waals surface area contributed by atoms with E-state index in [1.807, 2.05) is 6.92 Å². The fraction of sp³-hybridized carbons (Fsp3) is 0.556. The molecule has 0 saturated heterocycles. The summed E-state index contributed by atoms with van der Waals surface area (Å²) in [7, 11) is 0. The van der Waals surface area contributed by atoms with Crippen LogP contribution in [0.15, 0.2) is 16.7 Å². The summed E-state index contributed by atoms with van der Waals surface area (Å²) < 4.78 is 3.70. The molecule has 1 aromatic heterocycles. The second-order valence-electron chi connectivity index (χ2n) is 3.16. The number of aromatic nitrogens is 2. The maximum Gasteiger partial charge on any atom is 0.263 e. The average Bonchev–Trinajstić information content (AvgIpc) is 2.51. The normalized spacial score (nSPS) is 14.7. The number of allylic oxidation sites excluding steroid dienone is 2. The maximum atomic E-state index is 6.03. The molecule has 6 heteroatoms. The van der Waals surface area contributed by atoms with Crippen LogP contribution in [0.5, 0.6) is 0 Å². The molecule has 1 aromatic rings. The van der Waals surface area contributed by atoms with Crippen LogP contribution in [-0.2, 0) is 4.33 Å². The minimum Gasteiger partial charge on any atom is -0.336 e. The molecule has 1 heterocycles. The third-order valence-electron chi connectivity index (χ3n) is 1.62. The summed E-state index contributed by atoms with van der Waals surface area (Å²) in [5.74, 6) is 0.709. The van der Waals surface area contributed by atoms with Crippen LogP contribution in [-0.4, -0.2) is 15.5 Å². The van der Waals surface area contributed by atoms with Gasteiger partial charge >= 0.3 is 0 Å². The van der Waals surface area contributed by atoms with E-state index < -0.39 is 4.33 Å². The number of aryl methyl sites for hydroxylation is 1. The lowest BCUT2D eigenvalue weighted by molar-refractivity contribution is 0.362. The van der Waals surface area contributed by atoms with Gasteiger partial charge < -0.3 is 4.52 Å². The Morgan fingerprint density at radius 2 is 2.20 bits per heavy atom. The molecule has 84 valence electrons. The van der Waals surface area contributed by atoms with E-state index in [0.29, 0.717) is 12.2 Å². The fourth-order valence-electron chi connectivity index (χ4n) is 0.937. The number of rotatable bonds is 4. The van der Waals surface area contributed by atoms with Gasteiger partial charge in [-0.15, -0.1) is 11.6 Å². The molecule has 1 atom stereocenters. The molecule has 0 amide bonds. The minimum absolute atomic E-state index is 0.0569. The second kappa shape index (κ2) is 5.19. The van der Waals surface area contributed by atoms with Crippen molar-refractivity contribution in [1.82, 2.24) is 10.1 Å². The van der Waals surface area contributed by atoms with E-state index >= 15 is 0 Å². The van der Waals surface area contributed by atoms with Crippen LogP contribution in [0.3, 0.4) is 0 Å². The Morgan fingerprint density at radius 1 is 1.53 bits per heavy atom. The van der Waals surface area contributed by atoms with Crippen LogP contribution in [0.4, 0.5) is 0 Å². The Balaban J connectivity index is 2.67. The summed E-state index contributed by atoms with van der Waals surface area (Å²) in [6.07, 6.45) is 3.95. The van der Waals surface area contributed by atoms with Crippen molar-refractivity contribution in [3.05, 3.63) is 23.9 Å². The molecule has 1 unspecified atom stereocenters. The van der Waals surface area contributed by atoms with Crippen LogP contribution < -0.4 is 0 Å². The van der Waals surface area contributed by atoms with E-state index in [1.165, 1.54) is 0 Å². The number of hydrogen-bond acceptors (Lipinski definition) is 3. The molecular formula is C9H11Cl3N2O. The van der Waals surface area contributed by atoms with Crippen LogP contribution in [0.2, 0.25) is 0 Å². The smallest absolute Gasteiger partial charge is 0.263 e. The molecule has 0 N–H and O–H groups in total. The second-order valence-corrected chi connectivity index (χ2v) is 5.33. The fourth-order valence-corrected chi connectivity index (χ4v) is 1.37. The van der Waals surface area contributed by atoms with E-state index in [-0.39, 0.29) is 11.3 Å². The van der Waals surface area contributed by atoms with E-state index in [0.717, 1.165) is 0 Å². The van der Waals surface area contributed by atoms with Crippen molar-refractivity contribution in [2.24, 2.45) is 0 Å². The lowest BCUT2D eigenvalue weighted by Crippen LogP contribution is -2.09. The molecule has 0 radical (unpaired) electrons. The zero-order chi connectivity index (χ0) is 11.5. The molecule has 15 heavy (non-hydrogen) atoms. The van der Waals surface area contributed by atoms with Gasteiger partial charge in [0.25, 0.3) is 5.89 Å². The molecule has 0 aliphatic carbocycles. The highest BCUT2D eigenvalue weighted by atomic mass is 35.5. The van der Waals surface area contributed by atoms with Gasteiger partial charge in [0, 0.05) is 11.8 Å². The van der Waals surface area contributed by atoms with Gasteiger partial charge in [0.15, 0.2) is 10.2 Å². The van der Waals surface area contributed by atoms with Crippen LogP contribution in [0.25, 0.3) is 0 Å². The van der Waals surface area contributed by atoms with E-state index in [9.17, 15) is 0 Å². The molecule has 0 aliphatic heterocycles. The molecular weight excluding hydrogens is 258 g/mol. The first-order valence-corrected chi connectivity index (χ1v) is 5.60. The molecule has 0 bridgehead atoms. The van der Waals surface area contributed by atoms with Crippen molar-refractivity contribution >= 4 is 34.8 Å². The van der Waals surface area contributed by atoms with Crippen molar-refractivity contribution in [3.63, 3.8) is 0 Å². The first-order chi connectivity index (χ1) is 6.92. The van der Waals surface area contributed by atoms with Crippen molar-refractivity contribution in [2.75, 3.05) is 0 Å². The van der Waals surface area contributed by atoms with Gasteiger partial charge in [0.05, 0.1) is 0 Å². The van der Waals surface area contributed by atoms with Gasteiger partial charge in [-0.05, 0) is 13.8 Å². The van der Waals surface area contributed by atoms with E-state index in [2.05, 4.69) is 10.1 Å². The maximum absolute atomic E-state index is 6.03. The lowest BCUT2D eigenvalue weighted by atomic mass is 10.2. The number of nitrogens with zero attached hydrogens (tertiary/aromatic N) is 2. The van der Waals surface area contributed by atoms with Crippen LogP contribution in [0.1, 0.15) is 25.1 Å². The van der Waals surface area contributed by atoms with Crippen molar-refractivity contribution in [1.29, 1.82) is 0 Å². The summed E-state index contributed by atoms with van der Waals surface area (Å²) in [5, 5.41) is 3.56. The topological polar surface area (TPSA) is 38.9 Å². The first kappa shape index (κ1) is 12.8. The molecule has 0 aromatic carbocycles. The van der Waals surface area contributed by atoms with Crippen molar-refractivity contribution in [3.8, 4) is 0 Å². The van der Waals surface area contributed by atoms with Crippen LogP contribution >= 0.6 is 34.8 Å². The summed E-state index contributed by atoms with van der Waals surface area (Å²) >= 11 is 17.8. The predicted molar refractivity (Wildman–Crippen MR) is 61.5 cm³/mol. The summed E-state index contributed by atoms with van der Waals surface area (Å²) in [4.78, 5) is 3.97. The lowest BCUT2D eigenvalue weighted by Gasteiger charge is -2.11. The first-order valence-electron chi connectivity index (χ1n) is 4.41. The molecule has 0 spiro atoms. The Kier molecular flexibility index (Phi) is 4.44. The van der Waals surface area contributed by atoms with Gasteiger partial charge in [0.1, 0.15) is 0 Å². The number of hydrogen-bond donors (Lipinski definition) is 0. The third kappa shape index (κ3) is 4.01. The monoisotopic (exact) mass is 268 g/mol. The van der Waals surface area contributed by atoms with Gasteiger partial charge in [0.2, 0.25) is 0 Å². The molecule has 3 nitrogen and oxygen atoms in total. The highest BCUT2D eigenvalue weighted by Crippen LogP contribution is 2.36. The number of alkyl halides is 3. The Morgan fingerprint density at radius 3 is 2.67 bits per heavy atom. The zero-order valence-electron chi connectivity index (χ0n) is 8.38. The SMILES string of the molecule is Cc1noc(C(Cl)(Cl)CC=CC(C)Cl)n1. The van der Waals surface area contributed by atoms with E-state index in [4.69, 9.17) is 39.3 Å². The molecule has 1 rings (SSSR count). The number of halogens is 3. The standard InChI is InChI=1S/C9H11Cl3N2O/c1-6(10)4-3-5-9(11,12)8-13-7(2)14-15-8/h3-4,6H,5H2,1-2H3. The third-order valence-corrected chi connectivity index (χ3v) is 2.39. The molecule has 0 aliphatic rings. The molecule has 0 fully saturated rings. The Labute approximate surface area is 103 Å². The largest absolute Gasteiger partial charge is 0.336 e. The van der Waals surface area contributed by atoms with E-state index in [1.54, 1.807) is 19.1 Å². The minimum atomic E-state index is -1.19. The summed E-state index contributed by atoms with van der Waals surface area (Å²) in [5.41, 5.74) is 0. The Bertz CT molecular complexity index is 347. The van der Waals surface area contributed by atoms with Gasteiger partial charge in [-0.3, -0.25) is 0 Å². The van der Waals surface area contributed by atoms with Gasteiger partial charge in [-0.25, -0.2) is 0 Å². The highest BCUT2D eigenvalue weighted by Gasteiger charge is 2.31. The molecule has 0 saturated carbocycles. The van der Waals surface area contributed by atoms with Gasteiger partial charge in [-0.1, -0.05) is 40.5 Å². The zero-order valence-corrected chi connectivity index (χ0v) is 10.6.